The molecule has 0 aromatic rings. The van der Waals surface area contributed by atoms with Crippen LogP contribution in [0.1, 0.15) is 20.8 Å². The van der Waals surface area contributed by atoms with E-state index in [1.165, 1.54) is 67.5 Å². The molecular weight excluding hydrogens is 690 g/mol. The van der Waals surface area contributed by atoms with Gasteiger partial charge >= 0.3 is 119 Å². The van der Waals surface area contributed by atoms with Gasteiger partial charge in [-0.3, -0.25) is 0 Å². The normalized spacial score (nSPS) is 11.4. The van der Waals surface area contributed by atoms with E-state index in [4.69, 9.17) is 0 Å². The van der Waals surface area contributed by atoms with Crippen molar-refractivity contribution in [2.24, 2.45) is 0 Å². The summed E-state index contributed by atoms with van der Waals surface area (Å²) < 4.78 is 4.47. The van der Waals surface area contributed by atoms with E-state index in [0.717, 1.165) is 16.1 Å². The zero-order valence-corrected chi connectivity index (χ0v) is 17.0. The van der Waals surface area contributed by atoms with Crippen LogP contribution < -0.4 is 0 Å². The molecule has 0 aromatic heterocycles. The number of amides is 1. The van der Waals surface area contributed by atoms with E-state index in [9.17, 15) is 4.79 Å². The number of hydrogen-bond donors (Lipinski definition) is 0. The van der Waals surface area contributed by atoms with Gasteiger partial charge in [0.2, 0.25) is 0 Å². The van der Waals surface area contributed by atoms with E-state index in [2.05, 4.69) is 18.2 Å². The van der Waals surface area contributed by atoms with Gasteiger partial charge in [-0.1, -0.05) is 0 Å². The molecule has 0 spiro atoms. The second kappa shape index (κ2) is 7.21. The van der Waals surface area contributed by atoms with Gasteiger partial charge in [0.25, 0.3) is 0 Å². The van der Waals surface area contributed by atoms with Crippen molar-refractivity contribution >= 4 is 18.7 Å². The molecule has 0 aromatic carbocycles. The van der Waals surface area contributed by atoms with E-state index in [0.29, 0.717) is 0 Å². The molecule has 0 atom stereocenters. The van der Waals surface area contributed by atoms with Crippen LogP contribution >= 0.6 is 0 Å². The fraction of sp³-hybridized carbons (Fsp3) is 0.333. The number of hydrogen-bond acceptors (Lipinski definition) is 1. The Morgan fingerprint density at radius 2 is 1.71 bits per heavy atom. The molecule has 2 nitrogen and oxygen atoms in total. The van der Waals surface area contributed by atoms with Crippen LogP contribution in [0.3, 0.4) is 0 Å². The summed E-state index contributed by atoms with van der Waals surface area (Å²) in [7, 11) is 0. The molecule has 0 unspecified atom stereocenters. The maximum atomic E-state index is 11.0. The third kappa shape index (κ3) is 4.17. The summed E-state index contributed by atoms with van der Waals surface area (Å²) in [6.07, 6.45) is 0.909. The molecule has 0 rings (SSSR count). The molecule has 0 saturated heterocycles. The first-order valence-electron chi connectivity index (χ1n) is 3.87. The van der Waals surface area contributed by atoms with E-state index in [1.807, 2.05) is 6.92 Å². The van der Waals surface area contributed by atoms with E-state index >= 15 is 0 Å². The maximum absolute atomic E-state index is 11.0. The average Bonchev–Trinajstić information content (AvgIpc) is 2.11. The molecule has 0 heterocycles. The Labute approximate surface area is 117 Å². The Hall–Kier alpha value is 0.885. The fourth-order valence-electron chi connectivity index (χ4n) is 0.977. The van der Waals surface area contributed by atoms with Gasteiger partial charge in [0.15, 0.2) is 0 Å². The Bertz CT molecular complexity index is 320. The van der Waals surface area contributed by atoms with Crippen LogP contribution in [-0.4, -0.2) is 23.6 Å². The predicted molar refractivity (Wildman–Crippen MR) is 48.0 cm³/mol. The number of nitrogens with zero attached hydrogens (tertiary/aromatic N) is 1. The summed E-state index contributed by atoms with van der Waals surface area (Å²) in [4.78, 5) is 12.7. The Balaban J connectivity index is 5.41. The van der Waals surface area contributed by atoms with Crippen LogP contribution in [0.2, 0.25) is 0 Å². The van der Waals surface area contributed by atoms with E-state index < -0.39 is 0 Å². The number of carbonyl (C=O) groups excluding carboxylic acids is 1. The third-order valence-corrected chi connectivity index (χ3v) is 4.24. The number of allylic oxidation sites excluding steroid dienone is 2. The van der Waals surface area contributed by atoms with Crippen molar-refractivity contribution in [3.63, 3.8) is 0 Å². The summed E-state index contributed by atoms with van der Waals surface area (Å²) in [5.41, 5.74) is 2.28. The molecular formula is C9H11NOW3. The van der Waals surface area contributed by atoms with Crippen molar-refractivity contribution in [2.75, 3.05) is 0 Å². The van der Waals surface area contributed by atoms with Crippen molar-refractivity contribution < 1.29 is 62.9 Å². The van der Waals surface area contributed by atoms with Crippen LogP contribution in [-0.2, 0) is 62.9 Å². The molecule has 0 bridgehead atoms. The first-order valence-corrected chi connectivity index (χ1v) is 8.50. The third-order valence-electron chi connectivity index (χ3n) is 1.57. The monoisotopic (exact) mass is 701 g/mol. The molecule has 0 N–H and O–H groups in total. The molecule has 5 heteroatoms. The quantitative estimate of drug-likeness (QED) is 0.384. The van der Waals surface area contributed by atoms with E-state index in [1.54, 1.807) is 4.90 Å². The predicted octanol–water partition coefficient (Wildman–Crippen LogP) is 0.503. The van der Waals surface area contributed by atoms with E-state index in [-0.39, 0.29) is 0 Å². The Kier molecular flexibility index (Phi) is 7.66. The molecule has 0 radical (unpaired) electrons. The van der Waals surface area contributed by atoms with Crippen LogP contribution in [0.4, 0.5) is 0 Å². The molecule has 14 heavy (non-hydrogen) atoms. The second-order valence-corrected chi connectivity index (χ2v) is 7.87. The second-order valence-electron chi connectivity index (χ2n) is 2.70. The average molecular weight is 701 g/mol. The van der Waals surface area contributed by atoms with Crippen molar-refractivity contribution in [2.45, 2.75) is 20.8 Å². The topological polar surface area (TPSA) is 20.3 Å². The number of carbonyl (C=O) groups is 1. The molecule has 0 saturated carbocycles. The van der Waals surface area contributed by atoms with Gasteiger partial charge in [0.1, 0.15) is 0 Å². The van der Waals surface area contributed by atoms with Gasteiger partial charge < -0.3 is 0 Å². The summed E-state index contributed by atoms with van der Waals surface area (Å²) in [5.74, 6) is 0. The summed E-state index contributed by atoms with van der Waals surface area (Å²) in [6.45, 7) is 6.11. The minimum atomic E-state index is 0.909. The van der Waals surface area contributed by atoms with Gasteiger partial charge in [0, 0.05) is 0 Å². The van der Waals surface area contributed by atoms with Crippen LogP contribution in [0.25, 0.3) is 0 Å². The Morgan fingerprint density at radius 3 is 1.93 bits per heavy atom. The zero-order valence-electron chi connectivity index (χ0n) is 8.23. The molecule has 0 fully saturated rings. The summed E-state index contributed by atoms with van der Waals surface area (Å²) >= 11 is 4.16. The van der Waals surface area contributed by atoms with Crippen LogP contribution in [0, 0.1) is 0 Å². The van der Waals surface area contributed by atoms with Gasteiger partial charge in [-0.05, 0) is 0 Å². The summed E-state index contributed by atoms with van der Waals surface area (Å²) in [6, 6.07) is 0. The van der Waals surface area contributed by atoms with Crippen molar-refractivity contribution in [3.05, 3.63) is 11.3 Å². The Morgan fingerprint density at radius 1 is 1.21 bits per heavy atom. The van der Waals surface area contributed by atoms with Gasteiger partial charge in [-0.15, -0.1) is 0 Å². The molecule has 0 aliphatic carbocycles. The first-order chi connectivity index (χ1) is 6.45. The summed E-state index contributed by atoms with van der Waals surface area (Å²) in [5, 5.41) is 0. The first kappa shape index (κ1) is 14.9. The van der Waals surface area contributed by atoms with Crippen molar-refractivity contribution in [3.8, 4) is 0 Å². The van der Waals surface area contributed by atoms with Crippen LogP contribution in [0.5, 0.6) is 0 Å². The molecule has 0 aliphatic rings. The molecule has 1 amide bonds. The number of rotatable bonds is 5. The molecule has 0 aliphatic heterocycles. The van der Waals surface area contributed by atoms with Gasteiger partial charge in [0.05, 0.1) is 0 Å². The van der Waals surface area contributed by atoms with Gasteiger partial charge in [-0.2, -0.15) is 0 Å². The minimum absolute atomic E-state index is 0.909. The van der Waals surface area contributed by atoms with Crippen LogP contribution in [0.15, 0.2) is 11.3 Å². The standard InChI is InChI=1S/C9H11NO.3W/c1-5-9(8(3)4)10(6-2)7-11;;;/h3,7H,1-2,4H3;;;. The van der Waals surface area contributed by atoms with Gasteiger partial charge in [-0.25, -0.2) is 0 Å². The van der Waals surface area contributed by atoms with Crippen molar-refractivity contribution in [1.82, 2.24) is 4.90 Å². The molecule has 76 valence electrons. The van der Waals surface area contributed by atoms with Crippen molar-refractivity contribution in [1.29, 1.82) is 0 Å². The fourth-order valence-corrected chi connectivity index (χ4v) is 2.79. The zero-order chi connectivity index (χ0) is 11.3. The SMILES string of the molecule is C[C](=[W])C(=C(C)[CH]=[W])N(C=O)[C](C)=[W].